The van der Waals surface area contributed by atoms with Crippen molar-refractivity contribution in [2.75, 3.05) is 0 Å². The third kappa shape index (κ3) is 2.25. The number of rotatable bonds is 4. The molecule has 0 aliphatic heterocycles. The van der Waals surface area contributed by atoms with E-state index in [0.29, 0.717) is 11.4 Å². The van der Waals surface area contributed by atoms with Crippen LogP contribution in [0.2, 0.25) is 0 Å². The second-order valence-electron chi connectivity index (χ2n) is 3.24. The van der Waals surface area contributed by atoms with E-state index in [-0.39, 0.29) is 0 Å². The number of hydrogen-bond donors (Lipinski definition) is 2. The molecule has 0 saturated heterocycles. The van der Waals surface area contributed by atoms with Crippen molar-refractivity contribution in [3.05, 3.63) is 33.9 Å². The number of H-pyrrole nitrogens is 1. The summed E-state index contributed by atoms with van der Waals surface area (Å²) in [6, 6.07) is 0. The van der Waals surface area contributed by atoms with Gasteiger partial charge in [0.15, 0.2) is 5.01 Å². The third-order valence-electron chi connectivity index (χ3n) is 2.03. The number of primary amides is 1. The molecule has 16 heavy (non-hydrogen) atoms. The fourth-order valence-electron chi connectivity index (χ4n) is 1.20. The Hall–Kier alpha value is -1.76. The maximum absolute atomic E-state index is 10.8. The van der Waals surface area contributed by atoms with Gasteiger partial charge in [0.1, 0.15) is 0 Å². The predicted octanol–water partition coefficient (Wildman–Crippen LogP) is 0.464. The molecule has 0 saturated carbocycles. The van der Waals surface area contributed by atoms with E-state index in [0.717, 1.165) is 17.1 Å². The lowest BCUT2D eigenvalue weighted by Gasteiger charge is -1.93. The number of amides is 1. The molecule has 0 bridgehead atoms. The first-order valence-electron chi connectivity index (χ1n) is 4.62. The molecule has 0 unspecified atom stereocenters. The largest absolute Gasteiger partial charge is 0.364 e. The van der Waals surface area contributed by atoms with Crippen LogP contribution in [-0.4, -0.2) is 26.3 Å². The Bertz CT molecular complexity index is 503. The molecule has 0 atom stereocenters. The molecule has 0 aromatic carbocycles. The van der Waals surface area contributed by atoms with Gasteiger partial charge in [0, 0.05) is 11.8 Å². The van der Waals surface area contributed by atoms with Crippen LogP contribution in [0.4, 0.5) is 0 Å². The Morgan fingerprint density at radius 1 is 1.69 bits per heavy atom. The van der Waals surface area contributed by atoms with Crippen LogP contribution in [0, 0.1) is 13.3 Å². The van der Waals surface area contributed by atoms with Crippen molar-refractivity contribution in [3.8, 4) is 0 Å². The second kappa shape index (κ2) is 4.40. The lowest BCUT2D eigenvalue weighted by Crippen LogP contribution is -2.10. The van der Waals surface area contributed by atoms with Gasteiger partial charge >= 0.3 is 0 Å². The molecule has 0 aliphatic rings. The highest BCUT2D eigenvalue weighted by Gasteiger charge is 2.09. The van der Waals surface area contributed by atoms with Gasteiger partial charge in [-0.05, 0) is 13.3 Å². The number of aromatic nitrogens is 4. The van der Waals surface area contributed by atoms with Crippen molar-refractivity contribution >= 4 is 17.2 Å². The van der Waals surface area contributed by atoms with Crippen LogP contribution in [0.25, 0.3) is 0 Å². The molecule has 0 fully saturated rings. The number of nitrogens with zero attached hydrogens (tertiary/aromatic N) is 3. The van der Waals surface area contributed by atoms with Crippen molar-refractivity contribution in [1.82, 2.24) is 20.4 Å². The SMILES string of the molecule is Cc1[nH]nnc1[CH]Cc1csc(C(N)=O)n1. The van der Waals surface area contributed by atoms with E-state index in [1.54, 1.807) is 0 Å². The van der Waals surface area contributed by atoms with Crippen LogP contribution in [0.15, 0.2) is 5.38 Å². The van der Waals surface area contributed by atoms with Crippen LogP contribution in [0.5, 0.6) is 0 Å². The summed E-state index contributed by atoms with van der Waals surface area (Å²) in [6.07, 6.45) is 2.51. The lowest BCUT2D eigenvalue weighted by molar-refractivity contribution is 0.1000. The fraction of sp³-hybridized carbons (Fsp3) is 0.222. The number of nitrogens with one attached hydrogen (secondary N) is 1. The zero-order valence-electron chi connectivity index (χ0n) is 8.60. The Labute approximate surface area is 95.9 Å². The molecule has 0 spiro atoms. The van der Waals surface area contributed by atoms with Gasteiger partial charge in [-0.3, -0.25) is 9.89 Å². The van der Waals surface area contributed by atoms with E-state index in [9.17, 15) is 4.79 Å². The van der Waals surface area contributed by atoms with E-state index in [1.807, 2.05) is 18.7 Å². The molecule has 2 aromatic heterocycles. The summed E-state index contributed by atoms with van der Waals surface area (Å²) in [5, 5.41) is 12.5. The maximum atomic E-state index is 10.8. The fourth-order valence-corrected chi connectivity index (χ4v) is 1.88. The van der Waals surface area contributed by atoms with Gasteiger partial charge < -0.3 is 5.73 Å². The minimum Gasteiger partial charge on any atom is -0.364 e. The van der Waals surface area contributed by atoms with Crippen molar-refractivity contribution in [2.24, 2.45) is 5.73 Å². The molecular weight excluding hydrogens is 226 g/mol. The lowest BCUT2D eigenvalue weighted by atomic mass is 10.2. The molecular formula is C9H10N5OS. The van der Waals surface area contributed by atoms with Crippen LogP contribution in [-0.2, 0) is 6.42 Å². The first-order chi connectivity index (χ1) is 7.66. The topological polar surface area (TPSA) is 97.5 Å². The number of carbonyl (C=O) groups excluding carboxylic acids is 1. The van der Waals surface area contributed by atoms with Gasteiger partial charge in [-0.2, -0.15) is 0 Å². The summed E-state index contributed by atoms with van der Waals surface area (Å²) in [5.74, 6) is -0.492. The summed E-state index contributed by atoms with van der Waals surface area (Å²) in [6.45, 7) is 1.89. The zero-order chi connectivity index (χ0) is 11.5. The summed E-state index contributed by atoms with van der Waals surface area (Å²) >= 11 is 1.25. The molecule has 2 aromatic rings. The molecule has 7 heteroatoms. The monoisotopic (exact) mass is 236 g/mol. The average Bonchev–Trinajstić information content (AvgIpc) is 2.83. The number of aryl methyl sites for hydroxylation is 1. The van der Waals surface area contributed by atoms with Crippen molar-refractivity contribution in [1.29, 1.82) is 0 Å². The van der Waals surface area contributed by atoms with Gasteiger partial charge in [0.2, 0.25) is 0 Å². The van der Waals surface area contributed by atoms with E-state index in [4.69, 9.17) is 5.73 Å². The predicted molar refractivity (Wildman–Crippen MR) is 58.9 cm³/mol. The molecule has 83 valence electrons. The van der Waals surface area contributed by atoms with Gasteiger partial charge in [-0.1, -0.05) is 5.21 Å². The molecule has 1 amide bonds. The van der Waals surface area contributed by atoms with Crippen LogP contribution in [0.1, 0.15) is 26.9 Å². The molecule has 0 aliphatic carbocycles. The minimum atomic E-state index is -0.492. The number of thiazole rings is 1. The summed E-state index contributed by atoms with van der Waals surface area (Å²) in [4.78, 5) is 14.9. The number of nitrogens with two attached hydrogens (primary N) is 1. The Morgan fingerprint density at radius 3 is 3.06 bits per heavy atom. The van der Waals surface area contributed by atoms with Crippen LogP contribution in [0.3, 0.4) is 0 Å². The second-order valence-corrected chi connectivity index (χ2v) is 4.10. The van der Waals surface area contributed by atoms with Gasteiger partial charge in [-0.15, -0.1) is 16.4 Å². The molecule has 3 N–H and O–H groups in total. The standard InChI is InChI=1S/C9H10N5OS/c1-5-7(13-14-12-5)3-2-6-4-16-9(11-6)8(10)15/h3-4H,2H2,1H3,(H2,10,15)(H,12,13,14). The van der Waals surface area contributed by atoms with E-state index in [2.05, 4.69) is 20.4 Å². The molecule has 2 heterocycles. The van der Waals surface area contributed by atoms with Crippen molar-refractivity contribution in [3.63, 3.8) is 0 Å². The molecule has 1 radical (unpaired) electrons. The van der Waals surface area contributed by atoms with Gasteiger partial charge in [0.05, 0.1) is 17.1 Å². The van der Waals surface area contributed by atoms with Crippen molar-refractivity contribution < 1.29 is 4.79 Å². The Kier molecular flexibility index (Phi) is 2.95. The quantitative estimate of drug-likeness (QED) is 0.805. The minimum absolute atomic E-state index is 0.334. The average molecular weight is 236 g/mol. The molecule has 2 rings (SSSR count). The molecule has 6 nitrogen and oxygen atoms in total. The van der Waals surface area contributed by atoms with E-state index < -0.39 is 5.91 Å². The first-order valence-corrected chi connectivity index (χ1v) is 5.50. The highest BCUT2D eigenvalue weighted by molar-refractivity contribution is 7.11. The van der Waals surface area contributed by atoms with E-state index in [1.165, 1.54) is 11.3 Å². The number of carbonyl (C=O) groups is 1. The maximum Gasteiger partial charge on any atom is 0.277 e. The third-order valence-corrected chi connectivity index (χ3v) is 2.93. The summed E-state index contributed by atoms with van der Waals surface area (Å²) in [7, 11) is 0. The zero-order valence-corrected chi connectivity index (χ0v) is 9.41. The van der Waals surface area contributed by atoms with Crippen LogP contribution < -0.4 is 5.73 Å². The summed E-state index contributed by atoms with van der Waals surface area (Å²) < 4.78 is 0. The number of hydrogen-bond acceptors (Lipinski definition) is 5. The normalized spacial score (nSPS) is 10.6. The van der Waals surface area contributed by atoms with E-state index >= 15 is 0 Å². The number of aromatic amines is 1. The summed E-state index contributed by atoms with van der Waals surface area (Å²) in [5.41, 5.74) is 7.63. The van der Waals surface area contributed by atoms with Crippen LogP contribution >= 0.6 is 11.3 Å². The van der Waals surface area contributed by atoms with Gasteiger partial charge in [-0.25, -0.2) is 4.98 Å². The Balaban J connectivity index is 2.00. The van der Waals surface area contributed by atoms with Crippen molar-refractivity contribution in [2.45, 2.75) is 13.3 Å². The Morgan fingerprint density at radius 2 is 2.50 bits per heavy atom. The highest BCUT2D eigenvalue weighted by Crippen LogP contribution is 2.13. The first kappa shape index (κ1) is 10.7. The van der Waals surface area contributed by atoms with Gasteiger partial charge in [0.25, 0.3) is 5.91 Å². The highest BCUT2D eigenvalue weighted by atomic mass is 32.1. The smallest absolute Gasteiger partial charge is 0.277 e.